The summed E-state index contributed by atoms with van der Waals surface area (Å²) in [6.45, 7) is 1.23. The molecule has 0 saturated heterocycles. The third-order valence-electron chi connectivity index (χ3n) is 3.66. The van der Waals surface area contributed by atoms with Crippen molar-refractivity contribution in [2.75, 3.05) is 11.1 Å². The fourth-order valence-corrected chi connectivity index (χ4v) is 3.68. The highest BCUT2D eigenvalue weighted by molar-refractivity contribution is 8.13. The van der Waals surface area contributed by atoms with Gasteiger partial charge in [-0.2, -0.15) is 0 Å². The Kier molecular flexibility index (Phi) is 8.17. The second kappa shape index (κ2) is 10.4. The smallest absolute Gasteiger partial charge is 0.327 e. The predicted molar refractivity (Wildman–Crippen MR) is 113 cm³/mol. The van der Waals surface area contributed by atoms with Gasteiger partial charge < -0.3 is 15.7 Å². The summed E-state index contributed by atoms with van der Waals surface area (Å²) in [4.78, 5) is 34.6. The molecule has 0 aliphatic heterocycles. The third kappa shape index (κ3) is 6.44. The molecule has 0 aliphatic rings. The number of rotatable bonds is 8. The molecule has 28 heavy (non-hydrogen) atoms. The quantitative estimate of drug-likeness (QED) is 0.570. The largest absolute Gasteiger partial charge is 0.480 e. The van der Waals surface area contributed by atoms with E-state index in [1.165, 1.54) is 6.92 Å². The minimum absolute atomic E-state index is 0.0559. The number of carboxylic acids is 1. The summed E-state index contributed by atoms with van der Waals surface area (Å²) < 4.78 is 0. The van der Waals surface area contributed by atoms with Gasteiger partial charge in [-0.05, 0) is 23.8 Å². The van der Waals surface area contributed by atoms with Crippen LogP contribution in [-0.4, -0.2) is 33.9 Å². The van der Waals surface area contributed by atoms with Gasteiger partial charge in [0.05, 0.1) is 15.7 Å². The first-order chi connectivity index (χ1) is 13.3. The Morgan fingerprint density at radius 2 is 1.71 bits per heavy atom. The number of aliphatic carboxylic acids is 1. The first-order valence-electron chi connectivity index (χ1n) is 8.22. The predicted octanol–water partition coefficient (Wildman–Crippen LogP) is 4.13. The van der Waals surface area contributed by atoms with Crippen LogP contribution in [0.2, 0.25) is 10.0 Å². The van der Waals surface area contributed by atoms with E-state index in [0.717, 1.165) is 11.8 Å². The van der Waals surface area contributed by atoms with E-state index in [4.69, 9.17) is 28.3 Å². The van der Waals surface area contributed by atoms with Crippen LogP contribution in [0, 0.1) is 0 Å². The molecular formula is C19H18Cl2N2O4S. The van der Waals surface area contributed by atoms with Crippen molar-refractivity contribution < 1.29 is 19.5 Å². The van der Waals surface area contributed by atoms with Crippen molar-refractivity contribution in [3.63, 3.8) is 0 Å². The number of hydrogen-bond donors (Lipinski definition) is 3. The normalized spacial score (nSPS) is 11.5. The van der Waals surface area contributed by atoms with Crippen LogP contribution in [0.1, 0.15) is 12.5 Å². The van der Waals surface area contributed by atoms with Crippen molar-refractivity contribution in [3.8, 4) is 0 Å². The minimum atomic E-state index is -1.19. The zero-order valence-corrected chi connectivity index (χ0v) is 17.2. The fourth-order valence-electron chi connectivity index (χ4n) is 2.35. The van der Waals surface area contributed by atoms with Gasteiger partial charge in [0.25, 0.3) is 0 Å². The van der Waals surface area contributed by atoms with Gasteiger partial charge in [-0.3, -0.25) is 9.59 Å². The highest BCUT2D eigenvalue weighted by Crippen LogP contribution is 2.33. The summed E-state index contributed by atoms with van der Waals surface area (Å²) in [6, 6.07) is 11.2. The Bertz CT molecular complexity index is 872. The number of hydrogen-bond acceptors (Lipinski definition) is 5. The highest BCUT2D eigenvalue weighted by atomic mass is 35.5. The number of halogens is 2. The van der Waals surface area contributed by atoms with E-state index in [-0.39, 0.29) is 17.3 Å². The van der Waals surface area contributed by atoms with Crippen LogP contribution in [0.25, 0.3) is 0 Å². The van der Waals surface area contributed by atoms with Crippen molar-refractivity contribution >= 4 is 63.3 Å². The Labute approximate surface area is 176 Å². The van der Waals surface area contributed by atoms with Gasteiger partial charge in [-0.15, -0.1) is 0 Å². The number of carbonyl (C=O) groups is 3. The number of amides is 1. The molecule has 0 saturated carbocycles. The van der Waals surface area contributed by atoms with Crippen molar-refractivity contribution in [2.45, 2.75) is 19.4 Å². The number of anilines is 2. The molecule has 0 spiro atoms. The lowest BCUT2D eigenvalue weighted by atomic mass is 10.1. The summed E-state index contributed by atoms with van der Waals surface area (Å²) >= 11 is 13.2. The van der Waals surface area contributed by atoms with E-state index in [9.17, 15) is 14.4 Å². The second-order valence-corrected chi connectivity index (χ2v) is 7.72. The van der Waals surface area contributed by atoms with Gasteiger partial charge in [-0.1, -0.05) is 59.2 Å². The van der Waals surface area contributed by atoms with Crippen LogP contribution in [0.5, 0.6) is 0 Å². The number of benzene rings is 2. The number of para-hydroxylation sites is 2. The van der Waals surface area contributed by atoms with Crippen LogP contribution < -0.4 is 10.6 Å². The van der Waals surface area contributed by atoms with Gasteiger partial charge in [0.15, 0.2) is 5.12 Å². The number of nitrogens with one attached hydrogen (secondary N) is 2. The molecule has 1 amide bonds. The molecule has 0 unspecified atom stereocenters. The maximum atomic E-state index is 12.3. The van der Waals surface area contributed by atoms with Crippen LogP contribution in [0.15, 0.2) is 42.5 Å². The highest BCUT2D eigenvalue weighted by Gasteiger charge is 2.20. The minimum Gasteiger partial charge on any atom is -0.480 e. The third-order valence-corrected chi connectivity index (χ3v) is 5.26. The molecule has 6 nitrogen and oxygen atoms in total. The van der Waals surface area contributed by atoms with Crippen molar-refractivity contribution in [3.05, 3.63) is 58.1 Å². The molecule has 0 radical (unpaired) electrons. The number of carboxylic acid groups (broad SMARTS) is 1. The topological polar surface area (TPSA) is 95.5 Å². The number of carbonyl (C=O) groups excluding carboxylic acids is 2. The van der Waals surface area contributed by atoms with E-state index in [2.05, 4.69) is 10.6 Å². The fraction of sp³-hybridized carbons (Fsp3) is 0.211. The molecule has 2 aromatic carbocycles. The molecule has 0 heterocycles. The lowest BCUT2D eigenvalue weighted by Gasteiger charge is -2.15. The SMILES string of the molecule is CC(=O)N[C@@H](CSC(=O)Cc1ccccc1Nc1c(Cl)cccc1Cl)C(=O)O. The second-order valence-electron chi connectivity index (χ2n) is 5.83. The van der Waals surface area contributed by atoms with Crippen molar-refractivity contribution in [1.82, 2.24) is 5.32 Å². The van der Waals surface area contributed by atoms with Gasteiger partial charge in [0, 0.05) is 24.8 Å². The van der Waals surface area contributed by atoms with E-state index < -0.39 is 17.9 Å². The summed E-state index contributed by atoms with van der Waals surface area (Å²) in [5.41, 5.74) is 1.92. The summed E-state index contributed by atoms with van der Waals surface area (Å²) in [5.74, 6) is -1.71. The maximum absolute atomic E-state index is 12.3. The van der Waals surface area contributed by atoms with E-state index >= 15 is 0 Å². The maximum Gasteiger partial charge on any atom is 0.327 e. The average Bonchev–Trinajstić information content (AvgIpc) is 2.62. The Balaban J connectivity index is 2.07. The number of thioether (sulfide) groups is 1. The molecule has 0 aromatic heterocycles. The molecule has 0 aliphatic carbocycles. The summed E-state index contributed by atoms with van der Waals surface area (Å²) in [5, 5.41) is 15.2. The zero-order valence-electron chi connectivity index (χ0n) is 14.9. The first kappa shape index (κ1) is 22.1. The molecule has 148 valence electrons. The van der Waals surface area contributed by atoms with Gasteiger partial charge in [0.1, 0.15) is 6.04 Å². The lowest BCUT2D eigenvalue weighted by molar-refractivity contribution is -0.140. The van der Waals surface area contributed by atoms with Gasteiger partial charge in [0.2, 0.25) is 5.91 Å². The van der Waals surface area contributed by atoms with Crippen molar-refractivity contribution in [2.24, 2.45) is 0 Å². The lowest BCUT2D eigenvalue weighted by Crippen LogP contribution is -2.41. The molecule has 3 N–H and O–H groups in total. The standard InChI is InChI=1S/C19H18Cl2N2O4S/c1-11(24)22-16(19(26)27)10-28-17(25)9-12-5-2-3-8-15(12)23-18-13(20)6-4-7-14(18)21/h2-8,16,23H,9-10H2,1H3,(H,22,24)(H,26,27)/t16-/m0/s1. The van der Waals surface area contributed by atoms with E-state index in [1.54, 1.807) is 36.4 Å². The Hall–Kier alpha value is -2.22. The van der Waals surface area contributed by atoms with Gasteiger partial charge in [-0.25, -0.2) is 4.79 Å². The summed E-state index contributed by atoms with van der Waals surface area (Å²) in [6.07, 6.45) is 0.0717. The summed E-state index contributed by atoms with van der Waals surface area (Å²) in [7, 11) is 0. The van der Waals surface area contributed by atoms with Crippen LogP contribution in [-0.2, 0) is 20.8 Å². The Morgan fingerprint density at radius 1 is 1.07 bits per heavy atom. The average molecular weight is 441 g/mol. The van der Waals surface area contributed by atoms with Gasteiger partial charge >= 0.3 is 5.97 Å². The van der Waals surface area contributed by atoms with Crippen LogP contribution in [0.3, 0.4) is 0 Å². The van der Waals surface area contributed by atoms with Crippen LogP contribution >= 0.6 is 35.0 Å². The Morgan fingerprint density at radius 3 is 2.32 bits per heavy atom. The first-order valence-corrected chi connectivity index (χ1v) is 9.96. The molecule has 9 heteroatoms. The zero-order chi connectivity index (χ0) is 20.7. The monoisotopic (exact) mass is 440 g/mol. The molecule has 0 fully saturated rings. The molecule has 2 aromatic rings. The molecular weight excluding hydrogens is 423 g/mol. The van der Waals surface area contributed by atoms with Crippen LogP contribution in [0.4, 0.5) is 11.4 Å². The molecule has 0 bridgehead atoms. The molecule has 2 rings (SSSR count). The van der Waals surface area contributed by atoms with E-state index in [1.807, 2.05) is 6.07 Å². The molecule has 1 atom stereocenters. The van der Waals surface area contributed by atoms with Crippen molar-refractivity contribution in [1.29, 1.82) is 0 Å². The van der Waals surface area contributed by atoms with E-state index in [0.29, 0.717) is 27.0 Å².